The Hall–Kier alpha value is -2.54. The molecule has 3 rings (SSSR count). The molecule has 0 saturated heterocycles. The van der Waals surface area contributed by atoms with E-state index in [0.29, 0.717) is 36.8 Å². The van der Waals surface area contributed by atoms with E-state index in [2.05, 4.69) is 20.4 Å². The van der Waals surface area contributed by atoms with Gasteiger partial charge in [-0.2, -0.15) is 4.98 Å². The number of aromatic nitrogens is 3. The van der Waals surface area contributed by atoms with Gasteiger partial charge >= 0.3 is 0 Å². The maximum Gasteiger partial charge on any atom is 0.276 e. The predicted molar refractivity (Wildman–Crippen MR) is 86.9 cm³/mol. The number of hydrogen-bond acceptors (Lipinski definition) is 6. The van der Waals surface area contributed by atoms with Gasteiger partial charge in [-0.15, -0.1) is 11.3 Å². The molecule has 0 aliphatic rings. The molecule has 0 unspecified atom stereocenters. The Kier molecular flexibility index (Phi) is 5.10. The van der Waals surface area contributed by atoms with E-state index in [9.17, 15) is 4.79 Å². The fraction of sp³-hybridized carbons (Fsp3) is 0.250. The molecular formula is C16H16N4O2S. The van der Waals surface area contributed by atoms with Crippen LogP contribution < -0.4 is 5.32 Å². The van der Waals surface area contributed by atoms with Crippen LogP contribution >= 0.6 is 11.3 Å². The maximum absolute atomic E-state index is 11.8. The first-order valence-electron chi connectivity index (χ1n) is 7.34. The summed E-state index contributed by atoms with van der Waals surface area (Å²) < 4.78 is 5.17. The molecule has 0 fully saturated rings. The number of aryl methyl sites for hydroxylation is 1. The Morgan fingerprint density at radius 1 is 1.22 bits per heavy atom. The summed E-state index contributed by atoms with van der Waals surface area (Å²) >= 11 is 1.67. The summed E-state index contributed by atoms with van der Waals surface area (Å²) in [6.45, 7) is 0.491. The van der Waals surface area contributed by atoms with Crippen LogP contribution in [0.2, 0.25) is 0 Å². The Bertz CT molecular complexity index is 741. The third kappa shape index (κ3) is 4.46. The Labute approximate surface area is 137 Å². The van der Waals surface area contributed by atoms with Crippen LogP contribution in [0.4, 0.5) is 0 Å². The highest BCUT2D eigenvalue weighted by Crippen LogP contribution is 2.13. The molecule has 3 heterocycles. The zero-order valence-electron chi connectivity index (χ0n) is 12.4. The highest BCUT2D eigenvalue weighted by Gasteiger charge is 2.10. The molecule has 1 N–H and O–H groups in total. The first-order chi connectivity index (χ1) is 11.3. The van der Waals surface area contributed by atoms with Crippen molar-refractivity contribution in [3.63, 3.8) is 0 Å². The van der Waals surface area contributed by atoms with E-state index < -0.39 is 0 Å². The maximum atomic E-state index is 11.8. The molecule has 7 heteroatoms. The zero-order valence-corrected chi connectivity index (χ0v) is 13.3. The van der Waals surface area contributed by atoms with Crippen LogP contribution in [0.5, 0.6) is 0 Å². The molecular weight excluding hydrogens is 312 g/mol. The van der Waals surface area contributed by atoms with Crippen molar-refractivity contribution in [2.24, 2.45) is 0 Å². The van der Waals surface area contributed by atoms with Crippen molar-refractivity contribution in [2.75, 3.05) is 6.54 Å². The number of thiophene rings is 1. The van der Waals surface area contributed by atoms with Crippen LogP contribution in [0.1, 0.15) is 17.1 Å². The van der Waals surface area contributed by atoms with Crippen molar-refractivity contribution >= 4 is 17.2 Å². The molecule has 6 nitrogen and oxygen atoms in total. The Morgan fingerprint density at radius 3 is 2.96 bits per heavy atom. The Balaban J connectivity index is 1.42. The molecule has 0 bridgehead atoms. The predicted octanol–water partition coefficient (Wildman–Crippen LogP) is 2.48. The van der Waals surface area contributed by atoms with Crippen molar-refractivity contribution in [1.82, 2.24) is 20.4 Å². The lowest BCUT2D eigenvalue weighted by molar-refractivity contribution is -0.121. The summed E-state index contributed by atoms with van der Waals surface area (Å²) in [5, 5.41) is 8.79. The average molecular weight is 328 g/mol. The number of hydrogen-bond donors (Lipinski definition) is 1. The molecule has 118 valence electrons. The molecule has 3 aromatic heterocycles. The molecule has 1 amide bonds. The van der Waals surface area contributed by atoms with Gasteiger partial charge in [-0.25, -0.2) is 0 Å². The topological polar surface area (TPSA) is 80.9 Å². The van der Waals surface area contributed by atoms with Gasteiger partial charge < -0.3 is 9.84 Å². The third-order valence-corrected chi connectivity index (χ3v) is 4.14. The molecule has 0 atom stereocenters. The minimum Gasteiger partial charge on any atom is -0.356 e. The number of carbonyl (C=O) groups excluding carboxylic acids is 1. The van der Waals surface area contributed by atoms with Crippen molar-refractivity contribution in [3.8, 4) is 11.6 Å². The summed E-state index contributed by atoms with van der Waals surface area (Å²) in [5.41, 5.74) is 0.645. The fourth-order valence-corrected chi connectivity index (χ4v) is 2.75. The second-order valence-electron chi connectivity index (χ2n) is 4.91. The number of rotatable bonds is 7. The normalized spacial score (nSPS) is 10.6. The molecule has 0 radical (unpaired) electrons. The number of nitrogens with zero attached hydrogens (tertiary/aromatic N) is 3. The zero-order chi connectivity index (χ0) is 15.9. The second-order valence-corrected chi connectivity index (χ2v) is 5.94. The monoisotopic (exact) mass is 328 g/mol. The van der Waals surface area contributed by atoms with Crippen LogP contribution in [0.15, 0.2) is 46.4 Å². The number of pyridine rings is 1. The van der Waals surface area contributed by atoms with E-state index in [1.165, 1.54) is 4.88 Å². The van der Waals surface area contributed by atoms with Crippen molar-refractivity contribution in [1.29, 1.82) is 0 Å². The van der Waals surface area contributed by atoms with Crippen LogP contribution in [-0.4, -0.2) is 27.6 Å². The van der Waals surface area contributed by atoms with Gasteiger partial charge in [-0.05, 0) is 30.0 Å². The summed E-state index contributed by atoms with van der Waals surface area (Å²) in [5.74, 6) is 0.987. The first-order valence-corrected chi connectivity index (χ1v) is 8.22. The largest absolute Gasteiger partial charge is 0.356 e. The standard InChI is InChI=1S/C16H16N4O2S/c21-15(7-6-12-4-3-11-23-12)18-10-8-14-19-16(22-20-14)13-5-1-2-9-17-13/h1-5,9,11H,6-8,10H2,(H,18,21). The lowest BCUT2D eigenvalue weighted by Gasteiger charge is -2.02. The average Bonchev–Trinajstić information content (AvgIpc) is 3.26. The molecule has 0 spiro atoms. The quantitative estimate of drug-likeness (QED) is 0.720. The van der Waals surface area contributed by atoms with E-state index in [-0.39, 0.29) is 5.91 Å². The third-order valence-electron chi connectivity index (χ3n) is 3.20. The molecule has 0 aliphatic carbocycles. The molecule has 0 aliphatic heterocycles. The molecule has 3 aromatic rings. The molecule has 0 saturated carbocycles. The minimum atomic E-state index is 0.0341. The van der Waals surface area contributed by atoms with Gasteiger partial charge in [0.05, 0.1) is 0 Å². The van der Waals surface area contributed by atoms with Gasteiger partial charge in [-0.1, -0.05) is 17.3 Å². The SMILES string of the molecule is O=C(CCc1cccs1)NCCc1noc(-c2ccccn2)n1. The lowest BCUT2D eigenvalue weighted by atomic mass is 10.2. The van der Waals surface area contributed by atoms with Gasteiger partial charge in [-0.3, -0.25) is 9.78 Å². The van der Waals surface area contributed by atoms with Crippen molar-refractivity contribution in [3.05, 3.63) is 52.6 Å². The van der Waals surface area contributed by atoms with Crippen molar-refractivity contribution in [2.45, 2.75) is 19.3 Å². The highest BCUT2D eigenvalue weighted by atomic mass is 32.1. The van der Waals surface area contributed by atoms with Gasteiger partial charge in [0.2, 0.25) is 5.91 Å². The van der Waals surface area contributed by atoms with Gasteiger partial charge in [0, 0.05) is 30.5 Å². The lowest BCUT2D eigenvalue weighted by Crippen LogP contribution is -2.26. The van der Waals surface area contributed by atoms with Gasteiger partial charge in [0.15, 0.2) is 5.82 Å². The molecule has 0 aromatic carbocycles. The van der Waals surface area contributed by atoms with E-state index in [4.69, 9.17) is 4.52 Å². The van der Waals surface area contributed by atoms with Crippen LogP contribution in [0, 0.1) is 0 Å². The smallest absolute Gasteiger partial charge is 0.276 e. The number of amides is 1. The number of nitrogens with one attached hydrogen (secondary N) is 1. The van der Waals surface area contributed by atoms with E-state index >= 15 is 0 Å². The second kappa shape index (κ2) is 7.64. The van der Waals surface area contributed by atoms with Crippen LogP contribution in [0.3, 0.4) is 0 Å². The summed E-state index contributed by atoms with van der Waals surface area (Å²) in [6, 6.07) is 9.53. The molecule has 23 heavy (non-hydrogen) atoms. The van der Waals surface area contributed by atoms with Gasteiger partial charge in [0.1, 0.15) is 5.69 Å². The Morgan fingerprint density at radius 2 is 2.17 bits per heavy atom. The number of carbonyl (C=O) groups is 1. The van der Waals surface area contributed by atoms with E-state index in [1.54, 1.807) is 17.5 Å². The summed E-state index contributed by atoms with van der Waals surface area (Å²) in [7, 11) is 0. The van der Waals surface area contributed by atoms with E-state index in [1.807, 2.05) is 35.7 Å². The van der Waals surface area contributed by atoms with Gasteiger partial charge in [0.25, 0.3) is 5.89 Å². The minimum absolute atomic E-state index is 0.0341. The van der Waals surface area contributed by atoms with Crippen molar-refractivity contribution < 1.29 is 9.32 Å². The highest BCUT2D eigenvalue weighted by molar-refractivity contribution is 7.09. The first kappa shape index (κ1) is 15.4. The van der Waals surface area contributed by atoms with E-state index in [0.717, 1.165) is 6.42 Å². The summed E-state index contributed by atoms with van der Waals surface area (Å²) in [6.07, 6.45) is 3.47. The van der Waals surface area contributed by atoms with Crippen LogP contribution in [0.25, 0.3) is 11.6 Å². The fourth-order valence-electron chi connectivity index (χ4n) is 2.04. The summed E-state index contributed by atoms with van der Waals surface area (Å²) in [4.78, 5) is 21.4. The van der Waals surface area contributed by atoms with Crippen LogP contribution in [-0.2, 0) is 17.6 Å².